The van der Waals surface area contributed by atoms with E-state index in [9.17, 15) is 9.59 Å². The quantitative estimate of drug-likeness (QED) is 0.452. The van der Waals surface area contributed by atoms with E-state index in [-0.39, 0.29) is 11.9 Å². The molecular weight excluding hydrogens is 192 g/mol. The smallest absolute Gasteiger partial charge is 0.331 e. The summed E-state index contributed by atoms with van der Waals surface area (Å²) in [5, 5.41) is 0. The molecule has 0 aromatic heterocycles. The predicted octanol–water partition coefficient (Wildman–Crippen LogP) is 2.05. The molecule has 2 aliphatic carbocycles. The molecule has 1 spiro atoms. The predicted molar refractivity (Wildman–Crippen MR) is 52.8 cm³/mol. The summed E-state index contributed by atoms with van der Waals surface area (Å²) in [7, 11) is 0. The number of rotatable bonds is 0. The van der Waals surface area contributed by atoms with Gasteiger partial charge in [0.2, 0.25) is 0 Å². The van der Waals surface area contributed by atoms with Gasteiger partial charge in [0.05, 0.1) is 0 Å². The number of hydrogen-bond acceptors (Lipinski definition) is 3. The van der Waals surface area contributed by atoms with Gasteiger partial charge in [0.25, 0.3) is 0 Å². The Labute approximate surface area is 89.2 Å². The lowest BCUT2D eigenvalue weighted by Gasteiger charge is -2.50. The van der Waals surface area contributed by atoms with Crippen molar-refractivity contribution in [3.8, 4) is 0 Å². The second kappa shape index (κ2) is 3.06. The van der Waals surface area contributed by atoms with Crippen LogP contribution < -0.4 is 0 Å². The van der Waals surface area contributed by atoms with Gasteiger partial charge < -0.3 is 4.74 Å². The van der Waals surface area contributed by atoms with E-state index in [1.54, 1.807) is 0 Å². The molecule has 0 N–H and O–H groups in total. The maximum absolute atomic E-state index is 11.6. The highest BCUT2D eigenvalue weighted by atomic mass is 16.6. The molecule has 1 saturated heterocycles. The number of hydrogen-bond donors (Lipinski definition) is 0. The van der Waals surface area contributed by atoms with E-state index in [4.69, 9.17) is 0 Å². The van der Waals surface area contributed by atoms with Crippen LogP contribution in [0.3, 0.4) is 0 Å². The molecule has 0 aromatic rings. The van der Waals surface area contributed by atoms with Gasteiger partial charge in [-0.2, -0.15) is 0 Å². The summed E-state index contributed by atoms with van der Waals surface area (Å²) in [5.74, 6) is 0.436. The molecule has 2 saturated carbocycles. The summed E-state index contributed by atoms with van der Waals surface area (Å²) in [4.78, 5) is 23.3. The Bertz CT molecular complexity index is 305. The fourth-order valence-electron chi connectivity index (χ4n) is 3.84. The van der Waals surface area contributed by atoms with Gasteiger partial charge in [-0.15, -0.1) is 0 Å². The highest BCUT2D eigenvalue weighted by molar-refractivity contribution is 6.14. The third-order valence-electron chi connectivity index (χ3n) is 4.60. The SMILES string of the molecule is O=C1OC(=O)C12CCCC1CCCCC12. The average molecular weight is 208 g/mol. The average Bonchev–Trinajstić information content (AvgIpc) is 2.28. The van der Waals surface area contributed by atoms with Gasteiger partial charge in [-0.3, -0.25) is 9.59 Å². The first-order valence-corrected chi connectivity index (χ1v) is 6.02. The summed E-state index contributed by atoms with van der Waals surface area (Å²) in [6.07, 6.45) is 7.64. The number of carbonyl (C=O) groups excluding carboxylic acids is 2. The van der Waals surface area contributed by atoms with E-state index in [0.29, 0.717) is 11.8 Å². The van der Waals surface area contributed by atoms with Crippen LogP contribution in [0.25, 0.3) is 0 Å². The molecule has 0 aromatic carbocycles. The molecule has 0 amide bonds. The monoisotopic (exact) mass is 208 g/mol. The summed E-state index contributed by atoms with van der Waals surface area (Å²) in [6.45, 7) is 0. The minimum absolute atomic E-state index is 0.232. The fourth-order valence-corrected chi connectivity index (χ4v) is 3.84. The number of ether oxygens (including phenoxy) is 1. The van der Waals surface area contributed by atoms with Gasteiger partial charge >= 0.3 is 11.9 Å². The molecule has 0 bridgehead atoms. The Hall–Kier alpha value is -0.860. The van der Waals surface area contributed by atoms with Crippen molar-refractivity contribution in [2.24, 2.45) is 17.3 Å². The van der Waals surface area contributed by atoms with Gasteiger partial charge in [-0.1, -0.05) is 32.1 Å². The molecular formula is C12H16O3. The zero-order chi connectivity index (χ0) is 10.5. The van der Waals surface area contributed by atoms with Crippen molar-refractivity contribution in [1.82, 2.24) is 0 Å². The van der Waals surface area contributed by atoms with Gasteiger partial charge in [-0.05, 0) is 24.7 Å². The molecule has 0 radical (unpaired) electrons. The van der Waals surface area contributed by atoms with Crippen LogP contribution in [-0.2, 0) is 14.3 Å². The van der Waals surface area contributed by atoms with Crippen LogP contribution in [0.2, 0.25) is 0 Å². The van der Waals surface area contributed by atoms with E-state index in [1.165, 1.54) is 25.7 Å². The third-order valence-corrected chi connectivity index (χ3v) is 4.60. The first-order chi connectivity index (χ1) is 7.25. The molecule has 82 valence electrons. The van der Waals surface area contributed by atoms with Crippen molar-refractivity contribution in [2.75, 3.05) is 0 Å². The summed E-state index contributed by atoms with van der Waals surface area (Å²) < 4.78 is 4.60. The minimum atomic E-state index is -0.691. The summed E-state index contributed by atoms with van der Waals surface area (Å²) >= 11 is 0. The third kappa shape index (κ3) is 1.06. The fraction of sp³-hybridized carbons (Fsp3) is 0.833. The molecule has 2 atom stereocenters. The number of fused-ring (bicyclic) bond motifs is 2. The van der Waals surface area contributed by atoms with Gasteiger partial charge in [0.1, 0.15) is 0 Å². The van der Waals surface area contributed by atoms with E-state index in [0.717, 1.165) is 19.3 Å². The second-order valence-corrected chi connectivity index (χ2v) is 5.19. The number of esters is 2. The van der Waals surface area contributed by atoms with Crippen LogP contribution in [0.4, 0.5) is 0 Å². The largest absolute Gasteiger partial charge is 0.391 e. The van der Waals surface area contributed by atoms with Gasteiger partial charge in [0.15, 0.2) is 5.41 Å². The topological polar surface area (TPSA) is 43.4 Å². The molecule has 3 aliphatic rings. The maximum Gasteiger partial charge on any atom is 0.331 e. The van der Waals surface area contributed by atoms with Crippen LogP contribution in [0.1, 0.15) is 44.9 Å². The normalized spacial score (nSPS) is 38.1. The number of cyclic esters (lactones) is 2. The summed E-state index contributed by atoms with van der Waals surface area (Å²) in [5.41, 5.74) is -0.691. The van der Waals surface area contributed by atoms with Crippen molar-refractivity contribution in [3.05, 3.63) is 0 Å². The number of carbonyl (C=O) groups is 2. The highest BCUT2D eigenvalue weighted by Gasteiger charge is 2.65. The van der Waals surface area contributed by atoms with Crippen LogP contribution in [-0.4, -0.2) is 11.9 Å². The first kappa shape index (κ1) is 9.37. The molecule has 15 heavy (non-hydrogen) atoms. The Morgan fingerprint density at radius 1 is 1.00 bits per heavy atom. The lowest BCUT2D eigenvalue weighted by atomic mass is 9.55. The highest BCUT2D eigenvalue weighted by Crippen LogP contribution is 2.55. The van der Waals surface area contributed by atoms with E-state index < -0.39 is 5.41 Å². The first-order valence-electron chi connectivity index (χ1n) is 6.02. The molecule has 1 heterocycles. The van der Waals surface area contributed by atoms with Gasteiger partial charge in [0, 0.05) is 0 Å². The van der Waals surface area contributed by atoms with Crippen molar-refractivity contribution in [2.45, 2.75) is 44.9 Å². The Balaban J connectivity index is 1.93. The zero-order valence-electron chi connectivity index (χ0n) is 8.83. The molecule has 3 nitrogen and oxygen atoms in total. The van der Waals surface area contributed by atoms with Gasteiger partial charge in [-0.25, -0.2) is 0 Å². The minimum Gasteiger partial charge on any atom is -0.391 e. The zero-order valence-corrected chi connectivity index (χ0v) is 8.83. The molecule has 3 heteroatoms. The van der Waals surface area contributed by atoms with Crippen molar-refractivity contribution in [3.63, 3.8) is 0 Å². The standard InChI is InChI=1S/C12H16O3/c13-10-12(11(14)15-10)7-3-5-8-4-1-2-6-9(8)12/h8-9H,1-7H2. The van der Waals surface area contributed by atoms with Crippen LogP contribution in [0.15, 0.2) is 0 Å². The lowest BCUT2D eigenvalue weighted by molar-refractivity contribution is -0.210. The lowest BCUT2D eigenvalue weighted by Crippen LogP contribution is -2.61. The van der Waals surface area contributed by atoms with Crippen LogP contribution >= 0.6 is 0 Å². The summed E-state index contributed by atoms with van der Waals surface area (Å²) in [6, 6.07) is 0. The van der Waals surface area contributed by atoms with Crippen molar-refractivity contribution >= 4 is 11.9 Å². The molecule has 3 fully saturated rings. The molecule has 3 rings (SSSR count). The van der Waals surface area contributed by atoms with Crippen LogP contribution in [0.5, 0.6) is 0 Å². The Morgan fingerprint density at radius 3 is 2.40 bits per heavy atom. The van der Waals surface area contributed by atoms with E-state index in [1.807, 2.05) is 0 Å². The Morgan fingerprint density at radius 2 is 1.67 bits per heavy atom. The maximum atomic E-state index is 11.6. The second-order valence-electron chi connectivity index (χ2n) is 5.19. The molecule has 2 unspecified atom stereocenters. The Kier molecular flexibility index (Phi) is 1.91. The molecule has 1 aliphatic heterocycles. The van der Waals surface area contributed by atoms with E-state index >= 15 is 0 Å². The van der Waals surface area contributed by atoms with Crippen molar-refractivity contribution in [1.29, 1.82) is 0 Å². The van der Waals surface area contributed by atoms with E-state index in [2.05, 4.69) is 4.74 Å². The van der Waals surface area contributed by atoms with Crippen molar-refractivity contribution < 1.29 is 14.3 Å². The van der Waals surface area contributed by atoms with Crippen LogP contribution in [0, 0.1) is 17.3 Å².